The van der Waals surface area contributed by atoms with Gasteiger partial charge in [-0.3, -0.25) is 14.8 Å². The van der Waals surface area contributed by atoms with Gasteiger partial charge in [0.1, 0.15) is 5.75 Å². The average molecular weight is 461 g/mol. The number of fused-ring (bicyclic) bond motifs is 6. The molecule has 1 aliphatic carbocycles. The SMILES string of the molecule is COc1ccc(-c2n[nH]c(C)c2CC(=O)N2CCCC3=C[C@H]4C[C@@H](CN5CCCC[C@@H]45)[C@@H]32)cc1. The van der Waals surface area contributed by atoms with Gasteiger partial charge >= 0.3 is 0 Å². The Labute approximate surface area is 202 Å². The van der Waals surface area contributed by atoms with Gasteiger partial charge < -0.3 is 9.64 Å². The number of carbonyl (C=O) groups is 1. The minimum absolute atomic E-state index is 0.245. The van der Waals surface area contributed by atoms with Crippen LogP contribution in [0.1, 0.15) is 49.8 Å². The van der Waals surface area contributed by atoms with E-state index < -0.39 is 0 Å². The second kappa shape index (κ2) is 8.88. The van der Waals surface area contributed by atoms with E-state index in [9.17, 15) is 4.79 Å². The molecule has 0 radical (unpaired) electrons. The number of benzene rings is 1. The normalized spacial score (nSPS) is 28.6. The number of nitrogens with one attached hydrogen (secondary N) is 1. The zero-order chi connectivity index (χ0) is 23.2. The predicted octanol–water partition coefficient (Wildman–Crippen LogP) is 4.36. The Kier molecular flexibility index (Phi) is 5.72. The molecule has 6 heteroatoms. The van der Waals surface area contributed by atoms with Crippen LogP contribution >= 0.6 is 0 Å². The fourth-order valence-corrected chi connectivity index (χ4v) is 7.16. The highest BCUT2D eigenvalue weighted by Gasteiger charge is 2.46. The molecule has 4 aliphatic rings. The Morgan fingerprint density at radius 3 is 2.85 bits per heavy atom. The molecular weight excluding hydrogens is 424 g/mol. The molecule has 4 atom stereocenters. The first-order valence-corrected chi connectivity index (χ1v) is 13.0. The first-order chi connectivity index (χ1) is 16.6. The number of H-pyrrole nitrogens is 1. The molecule has 34 heavy (non-hydrogen) atoms. The van der Waals surface area contributed by atoms with Crippen LogP contribution in [0.5, 0.6) is 5.75 Å². The number of hydrogen-bond donors (Lipinski definition) is 1. The van der Waals surface area contributed by atoms with E-state index in [-0.39, 0.29) is 11.9 Å². The zero-order valence-corrected chi connectivity index (χ0v) is 20.4. The summed E-state index contributed by atoms with van der Waals surface area (Å²) in [7, 11) is 1.67. The largest absolute Gasteiger partial charge is 0.497 e. The summed E-state index contributed by atoms with van der Waals surface area (Å²) in [5, 5.41) is 7.69. The van der Waals surface area contributed by atoms with Crippen LogP contribution in [0.15, 0.2) is 35.9 Å². The zero-order valence-electron chi connectivity index (χ0n) is 20.4. The smallest absolute Gasteiger partial charge is 0.227 e. The van der Waals surface area contributed by atoms with Crippen LogP contribution in [0.25, 0.3) is 11.3 Å². The number of aryl methyl sites for hydroxylation is 1. The molecule has 3 aliphatic heterocycles. The van der Waals surface area contributed by atoms with E-state index in [0.717, 1.165) is 60.2 Å². The van der Waals surface area contributed by atoms with E-state index in [1.54, 1.807) is 12.7 Å². The summed E-state index contributed by atoms with van der Waals surface area (Å²) >= 11 is 0. The van der Waals surface area contributed by atoms with Crippen LogP contribution in [0, 0.1) is 18.8 Å². The lowest BCUT2D eigenvalue weighted by atomic mass is 9.68. The van der Waals surface area contributed by atoms with Crippen LogP contribution in [0.3, 0.4) is 0 Å². The summed E-state index contributed by atoms with van der Waals surface area (Å²) in [6.07, 6.45) is 10.5. The second-order valence-corrected chi connectivity index (χ2v) is 10.7. The van der Waals surface area contributed by atoms with Crippen molar-refractivity contribution in [3.05, 3.63) is 47.2 Å². The maximum absolute atomic E-state index is 13.8. The molecule has 1 aromatic carbocycles. The molecule has 1 amide bonds. The first-order valence-electron chi connectivity index (χ1n) is 13.0. The van der Waals surface area contributed by atoms with Gasteiger partial charge in [0.25, 0.3) is 0 Å². The lowest BCUT2D eigenvalue weighted by Gasteiger charge is -2.54. The quantitative estimate of drug-likeness (QED) is 0.689. The van der Waals surface area contributed by atoms with Crippen molar-refractivity contribution >= 4 is 5.91 Å². The van der Waals surface area contributed by atoms with Gasteiger partial charge in [-0.15, -0.1) is 0 Å². The monoisotopic (exact) mass is 460 g/mol. The Hall–Kier alpha value is -2.60. The molecule has 3 saturated heterocycles. The molecule has 1 aromatic heterocycles. The van der Waals surface area contributed by atoms with Crippen LogP contribution in [-0.2, 0) is 11.2 Å². The number of aromatic nitrogens is 2. The Bertz CT molecular complexity index is 1090. The number of nitrogens with zero attached hydrogens (tertiary/aromatic N) is 3. The second-order valence-electron chi connectivity index (χ2n) is 10.7. The predicted molar refractivity (Wildman–Crippen MR) is 133 cm³/mol. The summed E-state index contributed by atoms with van der Waals surface area (Å²) in [5.41, 5.74) is 5.42. The van der Waals surface area contributed by atoms with Gasteiger partial charge in [0.2, 0.25) is 5.91 Å². The number of hydrogen-bond acceptors (Lipinski definition) is 4. The Morgan fingerprint density at radius 2 is 2.03 bits per heavy atom. The number of methoxy groups -OCH3 is 1. The van der Waals surface area contributed by atoms with E-state index >= 15 is 0 Å². The third-order valence-electron chi connectivity index (χ3n) is 8.74. The maximum atomic E-state index is 13.8. The molecule has 1 N–H and O–H groups in total. The maximum Gasteiger partial charge on any atom is 0.227 e. The number of piperidine rings is 3. The number of ether oxygens (including phenoxy) is 1. The lowest BCUT2D eigenvalue weighted by molar-refractivity contribution is -0.135. The van der Waals surface area contributed by atoms with Crippen molar-refractivity contribution < 1.29 is 9.53 Å². The van der Waals surface area contributed by atoms with Crippen molar-refractivity contribution in [1.29, 1.82) is 0 Å². The van der Waals surface area contributed by atoms with Gasteiger partial charge in [-0.1, -0.05) is 18.1 Å². The highest BCUT2D eigenvalue weighted by molar-refractivity contribution is 5.82. The minimum atomic E-state index is 0.245. The van der Waals surface area contributed by atoms with Crippen LogP contribution in [0.2, 0.25) is 0 Å². The van der Waals surface area contributed by atoms with Crippen molar-refractivity contribution in [1.82, 2.24) is 20.0 Å². The van der Waals surface area contributed by atoms with Crippen LogP contribution in [-0.4, -0.2) is 64.7 Å². The Balaban J connectivity index is 1.25. The number of rotatable bonds is 4. The fourth-order valence-electron chi connectivity index (χ4n) is 7.16. The fraction of sp³-hybridized carbons (Fsp3) is 0.571. The van der Waals surface area contributed by atoms with Gasteiger partial charge in [-0.25, -0.2) is 0 Å². The molecule has 2 bridgehead atoms. The summed E-state index contributed by atoms with van der Waals surface area (Å²) in [6.45, 7) is 5.29. The van der Waals surface area contributed by atoms with Crippen molar-refractivity contribution in [2.45, 2.75) is 64.0 Å². The number of aromatic amines is 1. The Morgan fingerprint density at radius 1 is 1.18 bits per heavy atom. The van der Waals surface area contributed by atoms with E-state index in [2.05, 4.69) is 26.1 Å². The summed E-state index contributed by atoms with van der Waals surface area (Å²) in [6, 6.07) is 8.96. The van der Waals surface area contributed by atoms with Gasteiger partial charge in [-0.2, -0.15) is 5.10 Å². The summed E-state index contributed by atoms with van der Waals surface area (Å²) in [5.74, 6) is 2.34. The summed E-state index contributed by atoms with van der Waals surface area (Å²) in [4.78, 5) is 18.8. The highest BCUT2D eigenvalue weighted by atomic mass is 16.5. The van der Waals surface area contributed by atoms with E-state index in [4.69, 9.17) is 4.74 Å². The van der Waals surface area contributed by atoms with Gasteiger partial charge in [0, 0.05) is 36.0 Å². The molecule has 2 aromatic rings. The lowest BCUT2D eigenvalue weighted by Crippen LogP contribution is -2.60. The molecule has 180 valence electrons. The molecule has 0 spiro atoms. The molecule has 0 unspecified atom stereocenters. The van der Waals surface area contributed by atoms with E-state index in [1.807, 2.05) is 31.2 Å². The standard InChI is InChI=1S/C28H36N4O2/c1-18-24(27(30-29-18)19-8-10-23(34-2)11-9-19)16-26(33)32-13-5-6-20-14-21-15-22(28(20)32)17-31-12-4-3-7-25(21)31/h8-11,14,21-22,25,28H,3-7,12-13,15-17H2,1-2H3,(H,29,30)/t21-,22-,25-,28+/m0/s1. The molecule has 6 rings (SSSR count). The summed E-state index contributed by atoms with van der Waals surface area (Å²) < 4.78 is 5.30. The number of amides is 1. The minimum Gasteiger partial charge on any atom is -0.497 e. The topological polar surface area (TPSA) is 61.5 Å². The van der Waals surface area contributed by atoms with Crippen molar-refractivity contribution in [2.75, 3.05) is 26.7 Å². The molecule has 6 nitrogen and oxygen atoms in total. The first kappa shape index (κ1) is 21.9. The van der Waals surface area contributed by atoms with Crippen LogP contribution in [0.4, 0.5) is 0 Å². The third-order valence-corrected chi connectivity index (χ3v) is 8.74. The van der Waals surface area contributed by atoms with Gasteiger partial charge in [-0.05, 0) is 81.7 Å². The van der Waals surface area contributed by atoms with Gasteiger partial charge in [0.05, 0.1) is 25.3 Å². The number of carbonyl (C=O) groups excluding carboxylic acids is 1. The van der Waals surface area contributed by atoms with E-state index in [1.165, 1.54) is 32.2 Å². The van der Waals surface area contributed by atoms with Crippen molar-refractivity contribution in [3.8, 4) is 17.0 Å². The highest BCUT2D eigenvalue weighted by Crippen LogP contribution is 2.45. The van der Waals surface area contributed by atoms with Gasteiger partial charge in [0.15, 0.2) is 0 Å². The third kappa shape index (κ3) is 3.76. The molecular formula is C28H36N4O2. The molecule has 0 saturated carbocycles. The molecule has 3 fully saturated rings. The van der Waals surface area contributed by atoms with Crippen molar-refractivity contribution in [3.63, 3.8) is 0 Å². The van der Waals surface area contributed by atoms with Crippen molar-refractivity contribution in [2.24, 2.45) is 11.8 Å². The van der Waals surface area contributed by atoms with E-state index in [0.29, 0.717) is 18.3 Å². The average Bonchev–Trinajstić information content (AvgIpc) is 3.23. The number of likely N-dealkylation sites (tertiary alicyclic amines) is 1. The van der Waals surface area contributed by atoms with Crippen LogP contribution < -0.4 is 4.74 Å². The molecule has 4 heterocycles.